The molecule has 5 nitrogen and oxygen atoms in total. The van der Waals surface area contributed by atoms with Crippen LogP contribution in [-0.4, -0.2) is 28.0 Å². The van der Waals surface area contributed by atoms with Crippen LogP contribution in [0.15, 0.2) is 30.7 Å². The molecule has 0 saturated heterocycles. The molecule has 21 heavy (non-hydrogen) atoms. The lowest BCUT2D eigenvalue weighted by atomic mass is 9.93. The lowest BCUT2D eigenvalue weighted by Gasteiger charge is -2.31. The van der Waals surface area contributed by atoms with Gasteiger partial charge in [-0.3, -0.25) is 9.78 Å². The molecule has 2 rings (SSSR count). The molecular weight excluding hydrogens is 284 g/mol. The van der Waals surface area contributed by atoms with Gasteiger partial charge in [-0.2, -0.15) is 0 Å². The van der Waals surface area contributed by atoms with Crippen LogP contribution in [0.4, 0.5) is 0 Å². The zero-order valence-corrected chi connectivity index (χ0v) is 13.1. The van der Waals surface area contributed by atoms with Crippen LogP contribution >= 0.6 is 11.3 Å². The first kappa shape index (κ1) is 15.6. The van der Waals surface area contributed by atoms with E-state index >= 15 is 0 Å². The summed E-state index contributed by atoms with van der Waals surface area (Å²) < 4.78 is 0. The number of nitrogens with one attached hydrogen (secondary N) is 1. The van der Waals surface area contributed by atoms with Gasteiger partial charge >= 0.3 is 0 Å². The molecule has 0 aromatic carbocycles. The molecule has 3 N–H and O–H groups in total. The average molecular weight is 304 g/mol. The van der Waals surface area contributed by atoms with E-state index in [0.29, 0.717) is 11.4 Å². The van der Waals surface area contributed by atoms with Crippen LogP contribution in [0.1, 0.15) is 36.4 Å². The Kier molecular flexibility index (Phi) is 5.03. The Morgan fingerprint density at radius 1 is 1.33 bits per heavy atom. The van der Waals surface area contributed by atoms with E-state index in [-0.39, 0.29) is 11.4 Å². The summed E-state index contributed by atoms with van der Waals surface area (Å²) in [6, 6.07) is 3.76. The van der Waals surface area contributed by atoms with Crippen LogP contribution in [0.2, 0.25) is 0 Å². The average Bonchev–Trinajstić information content (AvgIpc) is 3.04. The molecule has 0 unspecified atom stereocenters. The number of amides is 1. The van der Waals surface area contributed by atoms with E-state index < -0.39 is 0 Å². The van der Waals surface area contributed by atoms with E-state index in [4.69, 9.17) is 5.73 Å². The molecule has 0 aliphatic carbocycles. The van der Waals surface area contributed by atoms with Crippen molar-refractivity contribution in [3.8, 4) is 10.6 Å². The number of rotatable bonds is 6. The van der Waals surface area contributed by atoms with Gasteiger partial charge in [-0.05, 0) is 25.0 Å². The highest BCUT2D eigenvalue weighted by atomic mass is 32.1. The molecule has 6 heteroatoms. The minimum Gasteiger partial charge on any atom is -0.345 e. The standard InChI is InChI=1S/C15H20N4OS/c1-3-15(4-2,10-16)19-13(20)12-9-18-14(21-12)11-5-7-17-8-6-11/h5-9H,3-4,10,16H2,1-2H3,(H,19,20). The molecule has 0 radical (unpaired) electrons. The van der Waals surface area contributed by atoms with Crippen molar-refractivity contribution in [3.63, 3.8) is 0 Å². The van der Waals surface area contributed by atoms with Gasteiger partial charge in [0.1, 0.15) is 9.88 Å². The van der Waals surface area contributed by atoms with Crippen LogP contribution in [0.3, 0.4) is 0 Å². The lowest BCUT2D eigenvalue weighted by molar-refractivity contribution is 0.0899. The molecule has 2 heterocycles. The predicted molar refractivity (Wildman–Crippen MR) is 85.2 cm³/mol. The van der Waals surface area contributed by atoms with Crippen molar-refractivity contribution in [2.45, 2.75) is 32.2 Å². The van der Waals surface area contributed by atoms with Crippen LogP contribution in [0.5, 0.6) is 0 Å². The summed E-state index contributed by atoms with van der Waals surface area (Å²) in [6.07, 6.45) is 6.65. The van der Waals surface area contributed by atoms with Gasteiger partial charge < -0.3 is 11.1 Å². The van der Waals surface area contributed by atoms with E-state index in [1.54, 1.807) is 18.6 Å². The van der Waals surface area contributed by atoms with E-state index in [0.717, 1.165) is 23.4 Å². The quantitative estimate of drug-likeness (QED) is 0.859. The van der Waals surface area contributed by atoms with Crippen molar-refractivity contribution in [1.29, 1.82) is 0 Å². The zero-order valence-electron chi connectivity index (χ0n) is 12.3. The summed E-state index contributed by atoms with van der Waals surface area (Å²) in [5.41, 5.74) is 6.45. The third-order valence-electron chi connectivity index (χ3n) is 3.78. The molecule has 0 saturated carbocycles. The number of pyridine rings is 1. The largest absolute Gasteiger partial charge is 0.345 e. The Bertz CT molecular complexity index is 584. The fraction of sp³-hybridized carbons (Fsp3) is 0.400. The van der Waals surface area contributed by atoms with Crippen molar-refractivity contribution in [2.75, 3.05) is 6.54 Å². The summed E-state index contributed by atoms with van der Waals surface area (Å²) in [7, 11) is 0. The number of thiazole rings is 1. The van der Waals surface area contributed by atoms with E-state index in [9.17, 15) is 4.79 Å². The Morgan fingerprint density at radius 3 is 2.57 bits per heavy atom. The van der Waals surface area contributed by atoms with Gasteiger partial charge in [0.05, 0.1) is 11.7 Å². The van der Waals surface area contributed by atoms with E-state index in [2.05, 4.69) is 15.3 Å². The minimum absolute atomic E-state index is 0.109. The number of nitrogens with zero attached hydrogens (tertiary/aromatic N) is 2. The first-order valence-electron chi connectivity index (χ1n) is 7.03. The van der Waals surface area contributed by atoms with Gasteiger partial charge in [0.25, 0.3) is 5.91 Å². The Balaban J connectivity index is 2.16. The first-order valence-corrected chi connectivity index (χ1v) is 7.84. The first-order chi connectivity index (χ1) is 10.1. The number of carbonyl (C=O) groups is 1. The Morgan fingerprint density at radius 2 is 2.00 bits per heavy atom. The van der Waals surface area contributed by atoms with Crippen LogP contribution in [-0.2, 0) is 0 Å². The third-order valence-corrected chi connectivity index (χ3v) is 4.82. The number of hydrogen-bond acceptors (Lipinski definition) is 5. The van der Waals surface area contributed by atoms with Gasteiger partial charge in [-0.15, -0.1) is 11.3 Å². The molecule has 1 amide bonds. The number of nitrogens with two attached hydrogens (primary N) is 1. The second kappa shape index (κ2) is 6.78. The maximum absolute atomic E-state index is 12.4. The van der Waals surface area contributed by atoms with Crippen LogP contribution < -0.4 is 11.1 Å². The molecule has 0 atom stereocenters. The smallest absolute Gasteiger partial charge is 0.263 e. The van der Waals surface area contributed by atoms with Gasteiger partial charge in [-0.1, -0.05) is 13.8 Å². The number of carbonyl (C=O) groups excluding carboxylic acids is 1. The molecule has 0 bridgehead atoms. The van der Waals surface area contributed by atoms with Crippen LogP contribution in [0, 0.1) is 0 Å². The SMILES string of the molecule is CCC(CC)(CN)NC(=O)c1cnc(-c2ccncc2)s1. The monoisotopic (exact) mass is 304 g/mol. The summed E-state index contributed by atoms with van der Waals surface area (Å²) >= 11 is 1.37. The minimum atomic E-state index is -0.335. The van der Waals surface area contributed by atoms with Crippen molar-refractivity contribution < 1.29 is 4.79 Å². The second-order valence-corrected chi connectivity index (χ2v) is 5.94. The van der Waals surface area contributed by atoms with Crippen molar-refractivity contribution in [3.05, 3.63) is 35.6 Å². The second-order valence-electron chi connectivity index (χ2n) is 4.91. The maximum atomic E-state index is 12.4. The molecule has 2 aromatic rings. The Labute approximate surface area is 128 Å². The summed E-state index contributed by atoms with van der Waals surface area (Å²) in [6.45, 7) is 4.50. The van der Waals surface area contributed by atoms with Crippen molar-refractivity contribution in [1.82, 2.24) is 15.3 Å². The fourth-order valence-electron chi connectivity index (χ4n) is 2.08. The third kappa shape index (κ3) is 3.46. The molecule has 2 aromatic heterocycles. The number of aromatic nitrogens is 2. The highest BCUT2D eigenvalue weighted by molar-refractivity contribution is 7.16. The molecular formula is C15H20N4OS. The lowest BCUT2D eigenvalue weighted by Crippen LogP contribution is -2.52. The van der Waals surface area contributed by atoms with Crippen molar-refractivity contribution in [2.24, 2.45) is 5.73 Å². The van der Waals surface area contributed by atoms with E-state index in [1.807, 2.05) is 26.0 Å². The van der Waals surface area contributed by atoms with Gasteiger partial charge in [0.15, 0.2) is 0 Å². The van der Waals surface area contributed by atoms with Crippen LogP contribution in [0.25, 0.3) is 10.6 Å². The number of hydrogen-bond donors (Lipinski definition) is 2. The predicted octanol–water partition coefficient (Wildman–Crippen LogP) is 2.45. The van der Waals surface area contributed by atoms with Gasteiger partial charge in [0.2, 0.25) is 0 Å². The molecule has 0 aliphatic rings. The van der Waals surface area contributed by atoms with Gasteiger partial charge in [0, 0.05) is 24.5 Å². The normalized spacial score (nSPS) is 11.4. The summed E-state index contributed by atoms with van der Waals surface area (Å²) in [5, 5.41) is 3.87. The van der Waals surface area contributed by atoms with Crippen molar-refractivity contribution >= 4 is 17.2 Å². The molecule has 112 valence electrons. The highest BCUT2D eigenvalue weighted by Crippen LogP contribution is 2.25. The molecule has 0 spiro atoms. The highest BCUT2D eigenvalue weighted by Gasteiger charge is 2.27. The summed E-state index contributed by atoms with van der Waals surface area (Å²) in [5.74, 6) is -0.109. The zero-order chi connectivity index (χ0) is 15.3. The topological polar surface area (TPSA) is 80.9 Å². The molecule has 0 aliphatic heterocycles. The fourth-order valence-corrected chi connectivity index (χ4v) is 2.89. The van der Waals surface area contributed by atoms with E-state index in [1.165, 1.54) is 11.3 Å². The Hall–Kier alpha value is -1.79. The maximum Gasteiger partial charge on any atom is 0.263 e. The van der Waals surface area contributed by atoms with Gasteiger partial charge in [-0.25, -0.2) is 4.98 Å². The summed E-state index contributed by atoms with van der Waals surface area (Å²) in [4.78, 5) is 21.3. The molecule has 0 fully saturated rings.